The average Bonchev–Trinajstić information content (AvgIpc) is 2.24. The number of carboxylic acid groups (broad SMARTS) is 1. The van der Waals surface area contributed by atoms with Crippen molar-refractivity contribution in [3.63, 3.8) is 0 Å². The lowest BCUT2D eigenvalue weighted by molar-refractivity contribution is -0.146. The quantitative estimate of drug-likeness (QED) is 0.520. The summed E-state index contributed by atoms with van der Waals surface area (Å²) >= 11 is 0. The van der Waals surface area contributed by atoms with Crippen LogP contribution in [-0.2, 0) is 14.3 Å². The van der Waals surface area contributed by atoms with E-state index in [1.165, 1.54) is 4.90 Å². The minimum Gasteiger partial charge on any atom is -0.477 e. The molecule has 0 aliphatic carbocycles. The second-order valence-electron chi connectivity index (χ2n) is 4.35. The van der Waals surface area contributed by atoms with Gasteiger partial charge in [-0.2, -0.15) is 0 Å². The Balaban J connectivity index is 2.81. The molecule has 17 heavy (non-hydrogen) atoms. The predicted octanol–water partition coefficient (Wildman–Crippen LogP) is -0.0605. The zero-order chi connectivity index (χ0) is 13.2. The zero-order valence-corrected chi connectivity index (χ0v) is 10.3. The smallest absolute Gasteiger partial charge is 0.352 e. The van der Waals surface area contributed by atoms with Crippen LogP contribution in [0.1, 0.15) is 20.8 Å². The first-order valence-electron chi connectivity index (χ1n) is 5.46. The fourth-order valence-corrected chi connectivity index (χ4v) is 1.54. The molecule has 0 spiro atoms. The molecule has 0 aromatic heterocycles. The molecule has 1 saturated heterocycles. The van der Waals surface area contributed by atoms with Crippen molar-refractivity contribution in [2.75, 3.05) is 13.2 Å². The second kappa shape index (κ2) is 5.29. The maximum absolute atomic E-state index is 11.4. The Bertz CT molecular complexity index is 362. The van der Waals surface area contributed by atoms with Crippen molar-refractivity contribution < 1.29 is 19.4 Å². The van der Waals surface area contributed by atoms with Crippen LogP contribution in [0.2, 0.25) is 0 Å². The molecule has 0 aromatic carbocycles. The third-order valence-corrected chi connectivity index (χ3v) is 2.47. The molecule has 1 unspecified atom stereocenters. The predicted molar refractivity (Wildman–Crippen MR) is 61.1 cm³/mol. The lowest BCUT2D eigenvalue weighted by atomic mass is 10.1. The van der Waals surface area contributed by atoms with E-state index in [0.29, 0.717) is 5.57 Å². The van der Waals surface area contributed by atoms with Crippen LogP contribution in [0, 0.1) is 0 Å². The Morgan fingerprint density at radius 3 is 2.59 bits per heavy atom. The molecule has 1 amide bonds. The first kappa shape index (κ1) is 13.7. The van der Waals surface area contributed by atoms with Crippen LogP contribution >= 0.6 is 0 Å². The van der Waals surface area contributed by atoms with Crippen LogP contribution in [0.5, 0.6) is 0 Å². The van der Waals surface area contributed by atoms with Gasteiger partial charge in [-0.25, -0.2) is 4.79 Å². The van der Waals surface area contributed by atoms with Crippen LogP contribution in [0.3, 0.4) is 0 Å². The molecule has 96 valence electrons. The highest BCUT2D eigenvalue weighted by molar-refractivity contribution is 5.98. The largest absolute Gasteiger partial charge is 0.477 e. The highest BCUT2D eigenvalue weighted by atomic mass is 16.5. The van der Waals surface area contributed by atoms with E-state index in [9.17, 15) is 9.59 Å². The van der Waals surface area contributed by atoms with Gasteiger partial charge in [-0.05, 0) is 26.3 Å². The Morgan fingerprint density at radius 2 is 2.24 bits per heavy atom. The number of carbonyl (C=O) groups is 2. The van der Waals surface area contributed by atoms with Gasteiger partial charge in [0.05, 0.1) is 19.3 Å². The van der Waals surface area contributed by atoms with Gasteiger partial charge in [0.2, 0.25) is 5.91 Å². The van der Waals surface area contributed by atoms with Crippen molar-refractivity contribution in [2.24, 2.45) is 5.73 Å². The Hall–Kier alpha value is -1.40. The summed E-state index contributed by atoms with van der Waals surface area (Å²) in [5.41, 5.74) is 5.94. The maximum Gasteiger partial charge on any atom is 0.352 e. The molecule has 3 N–H and O–H groups in total. The summed E-state index contributed by atoms with van der Waals surface area (Å²) in [7, 11) is 0. The summed E-state index contributed by atoms with van der Waals surface area (Å²) in [6, 6.07) is -0.580. The molecule has 1 fully saturated rings. The van der Waals surface area contributed by atoms with Gasteiger partial charge in [-0.1, -0.05) is 0 Å². The summed E-state index contributed by atoms with van der Waals surface area (Å²) in [5, 5.41) is 9.10. The first-order chi connectivity index (χ1) is 7.84. The Morgan fingerprint density at radius 1 is 1.65 bits per heavy atom. The highest BCUT2D eigenvalue weighted by Crippen LogP contribution is 2.19. The Kier molecular flexibility index (Phi) is 4.25. The summed E-state index contributed by atoms with van der Waals surface area (Å²) in [6.07, 6.45) is 0.00865. The van der Waals surface area contributed by atoms with Crippen molar-refractivity contribution in [1.29, 1.82) is 0 Å². The molecule has 1 aliphatic heterocycles. The third kappa shape index (κ3) is 3.04. The molecule has 6 heteroatoms. The van der Waals surface area contributed by atoms with Crippen LogP contribution in [-0.4, -0.2) is 47.2 Å². The molecule has 1 atom stereocenters. The summed E-state index contributed by atoms with van der Waals surface area (Å²) in [6.45, 7) is 5.80. The normalized spacial score (nSPS) is 21.4. The van der Waals surface area contributed by atoms with E-state index in [4.69, 9.17) is 15.6 Å². The number of aliphatic carboxylic acids is 1. The number of amides is 1. The molecule has 0 radical (unpaired) electrons. The number of ether oxygens (including phenoxy) is 1. The third-order valence-electron chi connectivity index (χ3n) is 2.47. The highest BCUT2D eigenvalue weighted by Gasteiger charge is 2.39. The number of carbonyl (C=O) groups excluding carboxylic acids is 1. The van der Waals surface area contributed by atoms with Gasteiger partial charge in [-0.15, -0.1) is 0 Å². The van der Waals surface area contributed by atoms with Crippen LogP contribution in [0.4, 0.5) is 0 Å². The van der Waals surface area contributed by atoms with Gasteiger partial charge in [0, 0.05) is 0 Å². The van der Waals surface area contributed by atoms with E-state index in [2.05, 4.69) is 0 Å². The van der Waals surface area contributed by atoms with Gasteiger partial charge in [0.15, 0.2) is 0 Å². The minimum absolute atomic E-state index is 0.00865. The molecule has 0 bridgehead atoms. The standard InChI is InChI=1S/C11H18N2O4/c1-6(2)17-5-7(3)9(11(15)16)13-4-8(12)10(13)14/h6,8H,4-5,12H2,1-3H3,(H,15,16). The number of carboxylic acids is 1. The fraction of sp³-hybridized carbons (Fsp3) is 0.636. The van der Waals surface area contributed by atoms with Crippen molar-refractivity contribution in [2.45, 2.75) is 32.9 Å². The number of hydrogen-bond acceptors (Lipinski definition) is 4. The molecule has 1 rings (SSSR count). The summed E-state index contributed by atoms with van der Waals surface area (Å²) < 4.78 is 5.33. The van der Waals surface area contributed by atoms with E-state index in [0.717, 1.165) is 0 Å². The summed E-state index contributed by atoms with van der Waals surface area (Å²) in [5.74, 6) is -1.48. The topological polar surface area (TPSA) is 92.9 Å². The SMILES string of the molecule is CC(COC(C)C)=C(C(=O)O)N1CC(N)C1=O. The monoisotopic (exact) mass is 242 g/mol. The molecule has 6 nitrogen and oxygen atoms in total. The Labute approximate surface area is 100 Å². The fourth-order valence-electron chi connectivity index (χ4n) is 1.54. The minimum atomic E-state index is -1.13. The number of β-lactam (4-membered cyclic amide) rings is 1. The maximum atomic E-state index is 11.4. The van der Waals surface area contributed by atoms with E-state index < -0.39 is 12.0 Å². The van der Waals surface area contributed by atoms with Gasteiger partial charge in [0.1, 0.15) is 11.7 Å². The number of likely N-dealkylation sites (tertiary alicyclic amines) is 1. The lowest BCUT2D eigenvalue weighted by Gasteiger charge is -2.37. The molecule has 1 aliphatic rings. The van der Waals surface area contributed by atoms with Crippen LogP contribution < -0.4 is 5.73 Å². The molecule has 1 heterocycles. The van der Waals surface area contributed by atoms with E-state index in [1.807, 2.05) is 13.8 Å². The van der Waals surface area contributed by atoms with Crippen molar-refractivity contribution in [3.8, 4) is 0 Å². The summed E-state index contributed by atoms with van der Waals surface area (Å²) in [4.78, 5) is 23.7. The zero-order valence-electron chi connectivity index (χ0n) is 10.3. The van der Waals surface area contributed by atoms with E-state index in [-0.39, 0.29) is 30.9 Å². The van der Waals surface area contributed by atoms with Gasteiger partial charge in [-0.3, -0.25) is 4.79 Å². The van der Waals surface area contributed by atoms with Crippen molar-refractivity contribution >= 4 is 11.9 Å². The van der Waals surface area contributed by atoms with Crippen LogP contribution in [0.15, 0.2) is 11.3 Å². The number of nitrogens with zero attached hydrogens (tertiary/aromatic N) is 1. The number of nitrogens with two attached hydrogens (primary N) is 1. The molecular weight excluding hydrogens is 224 g/mol. The van der Waals surface area contributed by atoms with E-state index in [1.54, 1.807) is 6.92 Å². The van der Waals surface area contributed by atoms with Crippen molar-refractivity contribution in [3.05, 3.63) is 11.3 Å². The van der Waals surface area contributed by atoms with Crippen LogP contribution in [0.25, 0.3) is 0 Å². The number of hydrogen-bond donors (Lipinski definition) is 2. The van der Waals surface area contributed by atoms with Gasteiger partial charge >= 0.3 is 5.97 Å². The van der Waals surface area contributed by atoms with Gasteiger partial charge in [0.25, 0.3) is 0 Å². The lowest BCUT2D eigenvalue weighted by Crippen LogP contribution is -2.61. The molecular formula is C11H18N2O4. The van der Waals surface area contributed by atoms with E-state index >= 15 is 0 Å². The first-order valence-corrected chi connectivity index (χ1v) is 5.46. The van der Waals surface area contributed by atoms with Crippen molar-refractivity contribution in [1.82, 2.24) is 4.90 Å². The molecule has 0 aromatic rings. The van der Waals surface area contributed by atoms with Gasteiger partial charge < -0.3 is 20.5 Å². The second-order valence-corrected chi connectivity index (χ2v) is 4.35. The molecule has 0 saturated carbocycles. The number of rotatable bonds is 5. The average molecular weight is 242 g/mol.